The van der Waals surface area contributed by atoms with E-state index >= 15 is 0 Å². The highest BCUT2D eigenvalue weighted by atomic mass is 16.5. The molecule has 1 aliphatic rings. The Balaban J connectivity index is 1.48. The fraction of sp³-hybridized carbons (Fsp3) is 0.429. The molecule has 1 heterocycles. The normalized spacial score (nSPS) is 13.7. The summed E-state index contributed by atoms with van der Waals surface area (Å²) in [4.78, 5) is 24.5. The number of carboxylic acid groups (broad SMARTS) is 1. The zero-order valence-corrected chi connectivity index (χ0v) is 26.8. The number of nitrogen functional groups attached to an aromatic ring is 1. The van der Waals surface area contributed by atoms with E-state index in [-0.39, 0.29) is 11.9 Å². The molecule has 0 spiro atoms. The molecule has 0 saturated carbocycles. The molecule has 0 radical (unpaired) electrons. The molecule has 1 aliphatic heterocycles. The highest BCUT2D eigenvalue weighted by molar-refractivity contribution is 5.91. The lowest BCUT2D eigenvalue weighted by atomic mass is 9.69. The van der Waals surface area contributed by atoms with Crippen LogP contribution in [0.4, 0.5) is 11.4 Å². The molecule has 3 aromatic carbocycles. The molecule has 0 bridgehead atoms. The van der Waals surface area contributed by atoms with E-state index in [4.69, 9.17) is 21.1 Å². The van der Waals surface area contributed by atoms with Crippen molar-refractivity contribution >= 4 is 23.3 Å². The number of benzene rings is 3. The van der Waals surface area contributed by atoms with Crippen LogP contribution in [0.5, 0.6) is 0 Å². The molecule has 1 atom stereocenters. The van der Waals surface area contributed by atoms with Crippen molar-refractivity contribution < 1.29 is 24.2 Å². The van der Waals surface area contributed by atoms with Crippen molar-refractivity contribution in [2.45, 2.75) is 66.5 Å². The Bertz CT molecular complexity index is 1510. The number of nitrogens with two attached hydrogens (primary N) is 2. The molecule has 0 saturated heterocycles. The van der Waals surface area contributed by atoms with Gasteiger partial charge in [-0.1, -0.05) is 36.4 Å². The topological polar surface area (TPSA) is 140 Å². The Morgan fingerprint density at radius 1 is 1.07 bits per heavy atom. The van der Waals surface area contributed by atoms with E-state index in [1.807, 2.05) is 45.0 Å². The minimum absolute atomic E-state index is 0.282. The molecule has 236 valence electrons. The second-order valence-electron chi connectivity index (χ2n) is 12.3. The molecule has 1 unspecified atom stereocenters. The van der Waals surface area contributed by atoms with Crippen molar-refractivity contribution in [3.05, 3.63) is 92.5 Å². The van der Waals surface area contributed by atoms with Crippen molar-refractivity contribution in [1.82, 2.24) is 5.32 Å². The summed E-state index contributed by atoms with van der Waals surface area (Å²) in [7, 11) is 1.43. The van der Waals surface area contributed by atoms with Gasteiger partial charge in [0.25, 0.3) is 0 Å². The Hall–Kier alpha value is -3.92. The van der Waals surface area contributed by atoms with Gasteiger partial charge in [0.15, 0.2) is 0 Å². The Morgan fingerprint density at radius 3 is 2.43 bits per heavy atom. The molecular formula is C35H46N4O5. The van der Waals surface area contributed by atoms with Crippen molar-refractivity contribution in [2.75, 3.05) is 37.5 Å². The fourth-order valence-electron chi connectivity index (χ4n) is 6.46. The SMILES string of the molecule is COC(=O)C(C)(C)C(c1ccc2c(c1)CNCC2)c1ccc(N(N)CCCOCc2cc(C)c(C(=O)O)c(C)c2)c(N)c1C. The predicted octanol–water partition coefficient (Wildman–Crippen LogP) is 5.16. The van der Waals surface area contributed by atoms with Crippen LogP contribution in [0.25, 0.3) is 0 Å². The van der Waals surface area contributed by atoms with Crippen molar-refractivity contribution in [1.29, 1.82) is 0 Å². The number of nitrogens with one attached hydrogen (secondary N) is 1. The van der Waals surface area contributed by atoms with E-state index in [9.17, 15) is 14.7 Å². The maximum absolute atomic E-state index is 13.1. The van der Waals surface area contributed by atoms with Crippen LogP contribution in [0.3, 0.4) is 0 Å². The van der Waals surface area contributed by atoms with Crippen LogP contribution in [-0.2, 0) is 33.8 Å². The Morgan fingerprint density at radius 2 is 1.77 bits per heavy atom. The largest absolute Gasteiger partial charge is 0.478 e. The second-order valence-corrected chi connectivity index (χ2v) is 12.3. The van der Waals surface area contributed by atoms with Crippen LogP contribution in [0.2, 0.25) is 0 Å². The quantitative estimate of drug-likeness (QED) is 0.0728. The van der Waals surface area contributed by atoms with Gasteiger partial charge in [0.1, 0.15) is 0 Å². The highest BCUT2D eigenvalue weighted by Gasteiger charge is 2.41. The predicted molar refractivity (Wildman–Crippen MR) is 174 cm³/mol. The summed E-state index contributed by atoms with van der Waals surface area (Å²) < 4.78 is 11.1. The summed E-state index contributed by atoms with van der Waals surface area (Å²) in [6.07, 6.45) is 1.65. The smallest absolute Gasteiger partial charge is 0.336 e. The van der Waals surface area contributed by atoms with Gasteiger partial charge in [-0.2, -0.15) is 0 Å². The van der Waals surface area contributed by atoms with E-state index in [2.05, 4.69) is 23.5 Å². The first-order chi connectivity index (χ1) is 20.9. The number of methoxy groups -OCH3 is 1. The highest BCUT2D eigenvalue weighted by Crippen LogP contribution is 2.45. The van der Waals surface area contributed by atoms with Crippen molar-refractivity contribution in [3.8, 4) is 0 Å². The number of carbonyl (C=O) groups is 2. The third-order valence-electron chi connectivity index (χ3n) is 8.80. The summed E-state index contributed by atoms with van der Waals surface area (Å²) in [6.45, 7) is 12.6. The summed E-state index contributed by atoms with van der Waals surface area (Å²) in [6, 6.07) is 14.2. The van der Waals surface area contributed by atoms with Gasteiger partial charge < -0.3 is 30.6 Å². The average Bonchev–Trinajstić information content (AvgIpc) is 2.98. The Kier molecular flexibility index (Phi) is 10.3. The molecule has 6 N–H and O–H groups in total. The van der Waals surface area contributed by atoms with Gasteiger partial charge in [-0.15, -0.1) is 0 Å². The number of aryl methyl sites for hydroxylation is 2. The standard InChI is InChI=1S/C35H46N4O5/c1-21-16-24(17-22(2)30(21)33(40)41)20-44-15-7-14-39(37)29-11-10-28(23(3)32(29)36)31(35(4,5)34(42)43-6)26-9-8-25-12-13-38-19-27(25)18-26/h8-11,16-18,31,38H,7,12-15,19-20,36-37H2,1-6H3,(H,40,41). The van der Waals surface area contributed by atoms with E-state index in [1.165, 1.54) is 18.2 Å². The van der Waals surface area contributed by atoms with Gasteiger partial charge in [-0.05, 0) is 105 Å². The first-order valence-electron chi connectivity index (χ1n) is 15.1. The maximum atomic E-state index is 13.1. The molecule has 0 aromatic heterocycles. The van der Waals surface area contributed by atoms with Crippen LogP contribution < -0.4 is 21.9 Å². The van der Waals surface area contributed by atoms with Crippen LogP contribution >= 0.6 is 0 Å². The Labute approximate surface area is 260 Å². The minimum Gasteiger partial charge on any atom is -0.478 e. The molecule has 0 fully saturated rings. The van der Waals surface area contributed by atoms with E-state index in [0.29, 0.717) is 43.1 Å². The first kappa shape index (κ1) is 33.0. The number of aromatic carboxylic acids is 1. The summed E-state index contributed by atoms with van der Waals surface area (Å²) in [5, 5.41) is 14.5. The molecule has 0 amide bonds. The van der Waals surface area contributed by atoms with Gasteiger partial charge >= 0.3 is 11.9 Å². The summed E-state index contributed by atoms with van der Waals surface area (Å²) in [5.41, 5.74) is 15.3. The maximum Gasteiger partial charge on any atom is 0.336 e. The van der Waals surface area contributed by atoms with E-state index < -0.39 is 11.4 Å². The number of esters is 1. The summed E-state index contributed by atoms with van der Waals surface area (Å²) >= 11 is 0. The number of ether oxygens (including phenoxy) is 2. The lowest BCUT2D eigenvalue weighted by Crippen LogP contribution is -2.35. The van der Waals surface area contributed by atoms with Crippen LogP contribution in [0.15, 0.2) is 42.5 Å². The number of hydrazine groups is 1. The zero-order chi connectivity index (χ0) is 32.2. The molecular weight excluding hydrogens is 556 g/mol. The molecule has 0 aliphatic carbocycles. The van der Waals surface area contributed by atoms with Crippen LogP contribution in [0.1, 0.15) is 81.1 Å². The number of hydrogen-bond acceptors (Lipinski definition) is 8. The van der Waals surface area contributed by atoms with Crippen molar-refractivity contribution in [2.24, 2.45) is 11.3 Å². The summed E-state index contributed by atoms with van der Waals surface area (Å²) in [5.74, 6) is 4.98. The number of nitrogens with zero attached hydrogens (tertiary/aromatic N) is 1. The first-order valence-corrected chi connectivity index (χ1v) is 15.1. The molecule has 44 heavy (non-hydrogen) atoms. The zero-order valence-electron chi connectivity index (χ0n) is 26.8. The van der Waals surface area contributed by atoms with Gasteiger partial charge in [-0.25, -0.2) is 10.6 Å². The minimum atomic E-state index is -0.920. The molecule has 9 heteroatoms. The molecule has 4 rings (SSSR count). The van der Waals surface area contributed by atoms with Gasteiger partial charge in [-0.3, -0.25) is 4.79 Å². The van der Waals surface area contributed by atoms with Gasteiger partial charge in [0.2, 0.25) is 0 Å². The third-order valence-corrected chi connectivity index (χ3v) is 8.80. The van der Waals surface area contributed by atoms with Crippen LogP contribution in [-0.4, -0.2) is 43.9 Å². The lowest BCUT2D eigenvalue weighted by Gasteiger charge is -2.35. The fourth-order valence-corrected chi connectivity index (χ4v) is 6.46. The van der Waals surface area contributed by atoms with Crippen molar-refractivity contribution in [3.63, 3.8) is 0 Å². The number of hydrogen-bond donors (Lipinski definition) is 4. The number of carbonyl (C=O) groups excluding carboxylic acids is 1. The van der Waals surface area contributed by atoms with Gasteiger partial charge in [0.05, 0.1) is 36.1 Å². The monoisotopic (exact) mass is 602 g/mol. The van der Waals surface area contributed by atoms with E-state index in [1.54, 1.807) is 18.9 Å². The lowest BCUT2D eigenvalue weighted by molar-refractivity contribution is -0.151. The third kappa shape index (κ3) is 6.90. The van der Waals surface area contributed by atoms with E-state index in [0.717, 1.165) is 52.9 Å². The average molecular weight is 603 g/mol. The van der Waals surface area contributed by atoms with Crippen LogP contribution in [0, 0.1) is 26.2 Å². The molecule has 3 aromatic rings. The van der Waals surface area contributed by atoms with Gasteiger partial charge in [0, 0.05) is 25.6 Å². The molecule has 9 nitrogen and oxygen atoms in total. The number of carboxylic acids is 1. The second kappa shape index (κ2) is 13.8. The number of rotatable bonds is 12. The number of fused-ring (bicyclic) bond motifs is 1. The number of anilines is 2.